The van der Waals surface area contributed by atoms with E-state index in [4.69, 9.17) is 28.2 Å². The summed E-state index contributed by atoms with van der Waals surface area (Å²) in [5, 5.41) is 1.65. The van der Waals surface area contributed by atoms with Crippen molar-refractivity contribution in [1.82, 2.24) is 14.9 Å². The molecule has 2 unspecified atom stereocenters. The number of hydrogen-bond donors (Lipinski definition) is 1. The molecule has 144 valence electrons. The minimum atomic E-state index is 0.307. The van der Waals surface area contributed by atoms with Gasteiger partial charge in [0, 0.05) is 35.6 Å². The largest absolute Gasteiger partial charge is 0.340 e. The lowest BCUT2D eigenvalue weighted by Gasteiger charge is -2.41. The van der Waals surface area contributed by atoms with Gasteiger partial charge in [-0.3, -0.25) is 4.90 Å². The van der Waals surface area contributed by atoms with Crippen molar-refractivity contribution >= 4 is 23.2 Å². The van der Waals surface area contributed by atoms with E-state index in [1.54, 1.807) is 0 Å². The predicted molar refractivity (Wildman–Crippen MR) is 115 cm³/mol. The third-order valence-corrected chi connectivity index (χ3v) is 7.02. The number of H-pyrrole nitrogens is 1. The fraction of sp³-hybridized carbons (Fsp3) is 0.348. The maximum atomic E-state index is 6.50. The van der Waals surface area contributed by atoms with Gasteiger partial charge in [-0.05, 0) is 55.5 Å². The van der Waals surface area contributed by atoms with E-state index in [2.05, 4.69) is 28.9 Å². The van der Waals surface area contributed by atoms with Gasteiger partial charge >= 0.3 is 0 Å². The van der Waals surface area contributed by atoms with E-state index in [1.165, 1.54) is 28.9 Å². The standard InChI is InChI=1S/C23H23Cl2N3/c1-14-22-21(26-23(27-22)17-6-2-3-7-19(17)24)11-12-28(14)16-10-9-15-5-4-8-20(25)18(15)13-16/h2-8,14,16H,9-13H2,1H3,(H,26,27). The Morgan fingerprint density at radius 1 is 1.04 bits per heavy atom. The fourth-order valence-corrected chi connectivity index (χ4v) is 5.34. The van der Waals surface area contributed by atoms with E-state index in [-0.39, 0.29) is 0 Å². The topological polar surface area (TPSA) is 31.9 Å². The third-order valence-electron chi connectivity index (χ3n) is 6.33. The van der Waals surface area contributed by atoms with Crippen LogP contribution in [0.15, 0.2) is 42.5 Å². The number of halogens is 2. The number of aromatic nitrogens is 2. The molecule has 1 aromatic heterocycles. The van der Waals surface area contributed by atoms with Crippen LogP contribution in [0, 0.1) is 0 Å². The van der Waals surface area contributed by atoms with Gasteiger partial charge < -0.3 is 4.98 Å². The maximum Gasteiger partial charge on any atom is 0.139 e. The van der Waals surface area contributed by atoms with Gasteiger partial charge in [0.25, 0.3) is 0 Å². The van der Waals surface area contributed by atoms with Crippen LogP contribution in [0.2, 0.25) is 10.0 Å². The summed E-state index contributed by atoms with van der Waals surface area (Å²) in [5.41, 5.74) is 6.12. The Morgan fingerprint density at radius 3 is 2.71 bits per heavy atom. The lowest BCUT2D eigenvalue weighted by Crippen LogP contribution is -2.44. The fourth-order valence-electron chi connectivity index (χ4n) is 4.84. The molecule has 0 amide bonds. The van der Waals surface area contributed by atoms with Gasteiger partial charge in [-0.1, -0.05) is 47.5 Å². The van der Waals surface area contributed by atoms with Crippen LogP contribution >= 0.6 is 23.2 Å². The lowest BCUT2D eigenvalue weighted by atomic mass is 9.86. The molecule has 0 radical (unpaired) electrons. The van der Waals surface area contributed by atoms with Gasteiger partial charge in [0.1, 0.15) is 5.82 Å². The molecule has 1 aliphatic carbocycles. The van der Waals surface area contributed by atoms with Crippen LogP contribution in [0.1, 0.15) is 41.9 Å². The summed E-state index contributed by atoms with van der Waals surface area (Å²) in [7, 11) is 0. The van der Waals surface area contributed by atoms with Crippen LogP contribution in [0.5, 0.6) is 0 Å². The van der Waals surface area contributed by atoms with Crippen molar-refractivity contribution in [2.75, 3.05) is 6.54 Å². The molecule has 2 atom stereocenters. The molecule has 5 heteroatoms. The van der Waals surface area contributed by atoms with E-state index in [1.807, 2.05) is 30.3 Å². The van der Waals surface area contributed by atoms with Gasteiger partial charge in [-0.15, -0.1) is 0 Å². The molecule has 2 aromatic carbocycles. The van der Waals surface area contributed by atoms with E-state index < -0.39 is 0 Å². The first kappa shape index (κ1) is 18.2. The van der Waals surface area contributed by atoms with Gasteiger partial charge in [-0.2, -0.15) is 0 Å². The summed E-state index contributed by atoms with van der Waals surface area (Å²) in [5.74, 6) is 0.876. The Morgan fingerprint density at radius 2 is 1.86 bits per heavy atom. The van der Waals surface area contributed by atoms with Crippen LogP contribution in [0.25, 0.3) is 11.4 Å². The highest BCUT2D eigenvalue weighted by Gasteiger charge is 2.34. The van der Waals surface area contributed by atoms with E-state index >= 15 is 0 Å². The van der Waals surface area contributed by atoms with E-state index in [0.29, 0.717) is 12.1 Å². The highest BCUT2D eigenvalue weighted by molar-refractivity contribution is 6.33. The summed E-state index contributed by atoms with van der Waals surface area (Å²) >= 11 is 12.9. The first-order valence-corrected chi connectivity index (χ1v) is 10.7. The number of aromatic amines is 1. The predicted octanol–water partition coefficient (Wildman–Crippen LogP) is 5.86. The summed E-state index contributed by atoms with van der Waals surface area (Å²) in [6.45, 7) is 3.32. The SMILES string of the molecule is CC1c2[nH]c(-c3ccccc3Cl)nc2CCN1C1CCc2cccc(Cl)c2C1. The molecular weight excluding hydrogens is 389 g/mol. The number of nitrogens with one attached hydrogen (secondary N) is 1. The summed E-state index contributed by atoms with van der Waals surface area (Å²) in [6.07, 6.45) is 4.27. The van der Waals surface area contributed by atoms with Crippen LogP contribution in [0.4, 0.5) is 0 Å². The van der Waals surface area contributed by atoms with Crippen molar-refractivity contribution in [2.24, 2.45) is 0 Å². The number of nitrogens with zero attached hydrogens (tertiary/aromatic N) is 2. The Balaban J connectivity index is 1.43. The van der Waals surface area contributed by atoms with Gasteiger partial charge in [-0.25, -0.2) is 4.98 Å². The molecule has 0 fully saturated rings. The minimum Gasteiger partial charge on any atom is -0.340 e. The van der Waals surface area contributed by atoms with Crippen molar-refractivity contribution in [1.29, 1.82) is 0 Å². The zero-order chi connectivity index (χ0) is 19.3. The number of rotatable bonds is 2. The van der Waals surface area contributed by atoms with E-state index in [0.717, 1.165) is 47.2 Å². The molecule has 0 saturated carbocycles. The molecule has 3 nitrogen and oxygen atoms in total. The molecule has 28 heavy (non-hydrogen) atoms. The van der Waals surface area contributed by atoms with Crippen molar-refractivity contribution in [3.63, 3.8) is 0 Å². The number of hydrogen-bond acceptors (Lipinski definition) is 2. The van der Waals surface area contributed by atoms with Crippen molar-refractivity contribution < 1.29 is 0 Å². The Hall–Kier alpha value is -1.81. The number of fused-ring (bicyclic) bond motifs is 2. The second-order valence-electron chi connectivity index (χ2n) is 7.86. The quantitative estimate of drug-likeness (QED) is 0.572. The highest BCUT2D eigenvalue weighted by atomic mass is 35.5. The molecule has 0 saturated heterocycles. The van der Waals surface area contributed by atoms with E-state index in [9.17, 15) is 0 Å². The van der Waals surface area contributed by atoms with Crippen molar-refractivity contribution in [3.05, 3.63) is 75.0 Å². The van der Waals surface area contributed by atoms with Gasteiger partial charge in [0.05, 0.1) is 16.4 Å². The molecule has 3 aromatic rings. The van der Waals surface area contributed by atoms with Crippen LogP contribution < -0.4 is 0 Å². The summed E-state index contributed by atoms with van der Waals surface area (Å²) in [6, 6.07) is 15.0. The molecule has 0 spiro atoms. The molecular formula is C23H23Cl2N3. The summed E-state index contributed by atoms with van der Waals surface area (Å²) < 4.78 is 0. The van der Waals surface area contributed by atoms with Crippen LogP contribution in [0.3, 0.4) is 0 Å². The minimum absolute atomic E-state index is 0.307. The molecule has 2 aliphatic rings. The number of aryl methyl sites for hydroxylation is 1. The second-order valence-corrected chi connectivity index (χ2v) is 8.68. The Bertz CT molecular complexity index is 1030. The lowest BCUT2D eigenvalue weighted by molar-refractivity contribution is 0.119. The molecule has 1 aliphatic heterocycles. The molecule has 1 N–H and O–H groups in total. The zero-order valence-electron chi connectivity index (χ0n) is 15.9. The first-order valence-electron chi connectivity index (χ1n) is 9.97. The Labute approximate surface area is 175 Å². The first-order chi connectivity index (χ1) is 13.6. The van der Waals surface area contributed by atoms with Gasteiger partial charge in [0.2, 0.25) is 0 Å². The summed E-state index contributed by atoms with van der Waals surface area (Å²) in [4.78, 5) is 11.1. The Kier molecular flexibility index (Phi) is 4.70. The van der Waals surface area contributed by atoms with Gasteiger partial charge in [0.15, 0.2) is 0 Å². The number of imidazole rings is 1. The van der Waals surface area contributed by atoms with Crippen molar-refractivity contribution in [3.8, 4) is 11.4 Å². The smallest absolute Gasteiger partial charge is 0.139 e. The number of benzene rings is 2. The monoisotopic (exact) mass is 411 g/mol. The van der Waals surface area contributed by atoms with Crippen LogP contribution in [-0.4, -0.2) is 27.5 Å². The molecule has 2 heterocycles. The second kappa shape index (κ2) is 7.22. The third kappa shape index (κ3) is 3.06. The maximum absolute atomic E-state index is 6.50. The van der Waals surface area contributed by atoms with Crippen molar-refractivity contribution in [2.45, 2.75) is 44.7 Å². The zero-order valence-corrected chi connectivity index (χ0v) is 17.4. The normalized spacial score (nSPS) is 22.0. The highest BCUT2D eigenvalue weighted by Crippen LogP contribution is 2.37. The molecule has 5 rings (SSSR count). The average molecular weight is 412 g/mol. The average Bonchev–Trinajstić information content (AvgIpc) is 3.14. The molecule has 0 bridgehead atoms. The van der Waals surface area contributed by atoms with Crippen LogP contribution in [-0.2, 0) is 19.3 Å².